The van der Waals surface area contributed by atoms with Crippen LogP contribution in [0, 0.1) is 33.4 Å². The van der Waals surface area contributed by atoms with Gasteiger partial charge in [-0.25, -0.2) is 23.6 Å². The van der Waals surface area contributed by atoms with Crippen molar-refractivity contribution in [2.75, 3.05) is 38.6 Å². The lowest BCUT2D eigenvalue weighted by atomic mass is 9.85. The zero-order chi connectivity index (χ0) is 51.0. The predicted molar refractivity (Wildman–Crippen MR) is 277 cm³/mol. The van der Waals surface area contributed by atoms with Crippen molar-refractivity contribution in [3.8, 4) is 10.4 Å². The van der Waals surface area contributed by atoms with Crippen molar-refractivity contribution in [2.45, 2.75) is 136 Å². The van der Waals surface area contributed by atoms with Crippen molar-refractivity contribution in [3.63, 3.8) is 0 Å². The van der Waals surface area contributed by atoms with E-state index in [0.29, 0.717) is 22.8 Å². The minimum Gasteiger partial charge on any atom is -0.391 e. The third kappa shape index (κ3) is 16.7. The highest BCUT2D eigenvalue weighted by atomic mass is 127. The molecule has 0 spiro atoms. The van der Waals surface area contributed by atoms with Gasteiger partial charge in [0.25, 0.3) is 5.91 Å². The number of likely N-dealkylation sites (tertiary alicyclic amines) is 1. The Balaban J connectivity index is 0.912. The molecule has 1 saturated heterocycles. The van der Waals surface area contributed by atoms with Gasteiger partial charge in [0.2, 0.25) is 17.7 Å². The third-order valence-corrected chi connectivity index (χ3v) is 14.1. The van der Waals surface area contributed by atoms with Crippen LogP contribution < -0.4 is 21.4 Å². The number of amides is 4. The summed E-state index contributed by atoms with van der Waals surface area (Å²) in [5.74, 6) is -4.88. The maximum absolute atomic E-state index is 14.7. The van der Waals surface area contributed by atoms with E-state index in [2.05, 4.69) is 38.4 Å². The van der Waals surface area contributed by atoms with Gasteiger partial charge in [0.15, 0.2) is 11.6 Å². The summed E-state index contributed by atoms with van der Waals surface area (Å²) in [4.78, 5) is 68.1. The van der Waals surface area contributed by atoms with Crippen LogP contribution in [0.1, 0.15) is 132 Å². The van der Waals surface area contributed by atoms with Gasteiger partial charge in [-0.05, 0) is 129 Å². The standard InChI is InChI=1S/C52H69F3IN7O6S/c1-33(35-18-20-36(21-19-35)47-34(2)57-32-70-47)58-50(67)43-30-38(64)31-63(43)51(68)48(52(3,4)5)60-44(65)17-13-11-9-7-8-10-12-14-26-62(6)27-15-16-28-69-61-49(66)39-23-24-40(53)45(55)46(39)59-42-25-22-37(56)29-41(42)54/h18-25,29,32-33,38,43,48,59,64H,7-17,26-28,30-31H2,1-6H3,(H,58,67)(H,60,65)(H,61,66)/t33-,38+,43-,48+/m0/s1. The highest BCUT2D eigenvalue weighted by Gasteiger charge is 2.44. The lowest BCUT2D eigenvalue weighted by Gasteiger charge is -2.35. The van der Waals surface area contributed by atoms with E-state index in [1.165, 1.54) is 17.0 Å². The average Bonchev–Trinajstić information content (AvgIpc) is 3.94. The van der Waals surface area contributed by atoms with Gasteiger partial charge in [0.1, 0.15) is 17.9 Å². The predicted octanol–water partition coefficient (Wildman–Crippen LogP) is 10.1. The average molecular weight is 1100 g/mol. The highest BCUT2D eigenvalue weighted by molar-refractivity contribution is 14.1. The van der Waals surface area contributed by atoms with Gasteiger partial charge in [0, 0.05) is 23.0 Å². The topological polar surface area (TPSA) is 165 Å². The zero-order valence-corrected chi connectivity index (χ0v) is 44.1. The van der Waals surface area contributed by atoms with Gasteiger partial charge in [-0.2, -0.15) is 0 Å². The summed E-state index contributed by atoms with van der Waals surface area (Å²) in [5.41, 5.74) is 5.57. The van der Waals surface area contributed by atoms with Crippen LogP contribution in [0.25, 0.3) is 10.4 Å². The molecule has 2 heterocycles. The molecular formula is C52H69F3IN7O6S. The van der Waals surface area contributed by atoms with Crippen LogP contribution in [0.15, 0.2) is 60.1 Å². The van der Waals surface area contributed by atoms with E-state index in [9.17, 15) is 37.5 Å². The number of rotatable bonds is 26. The summed E-state index contributed by atoms with van der Waals surface area (Å²) in [6.07, 6.45) is 9.17. The molecule has 5 N–H and O–H groups in total. The number of aliphatic hydroxyl groups excluding tert-OH is 1. The van der Waals surface area contributed by atoms with Crippen molar-refractivity contribution in [1.82, 2.24) is 30.9 Å². The number of hydroxylamine groups is 1. The van der Waals surface area contributed by atoms with Gasteiger partial charge in [-0.1, -0.05) is 83.6 Å². The lowest BCUT2D eigenvalue weighted by molar-refractivity contribution is -0.144. The number of β-amino-alcohol motifs (C(OH)–C–C–N with tert-alkyl or cyclic N) is 1. The van der Waals surface area contributed by atoms with E-state index in [4.69, 9.17) is 4.84 Å². The fourth-order valence-corrected chi connectivity index (χ4v) is 9.67. The molecule has 4 amide bonds. The molecule has 4 atom stereocenters. The van der Waals surface area contributed by atoms with Crippen LogP contribution in [0.3, 0.4) is 0 Å². The van der Waals surface area contributed by atoms with Crippen LogP contribution >= 0.6 is 33.9 Å². The van der Waals surface area contributed by atoms with E-state index in [-0.39, 0.29) is 54.6 Å². The Labute approximate surface area is 428 Å². The Bertz CT molecular complexity index is 2370. The van der Waals surface area contributed by atoms with E-state index in [1.807, 2.05) is 87.0 Å². The first-order valence-corrected chi connectivity index (χ1v) is 26.2. The number of aryl methyl sites for hydroxylation is 1. The second-order valence-electron chi connectivity index (χ2n) is 19.3. The molecule has 18 heteroatoms. The molecular weight excluding hydrogens is 1030 g/mol. The number of thiazole rings is 1. The Morgan fingerprint density at radius 3 is 2.20 bits per heavy atom. The number of anilines is 2. The van der Waals surface area contributed by atoms with Crippen LogP contribution in [-0.4, -0.2) is 95.0 Å². The Morgan fingerprint density at radius 1 is 0.900 bits per heavy atom. The fraction of sp³-hybridized carbons (Fsp3) is 0.519. The number of benzene rings is 3. The monoisotopic (exact) mass is 1100 g/mol. The molecule has 5 rings (SSSR count). The number of carbonyl (C=O) groups excluding carboxylic acids is 4. The molecule has 13 nitrogen and oxygen atoms in total. The summed E-state index contributed by atoms with van der Waals surface area (Å²) in [6, 6.07) is 12.0. The molecule has 1 aliphatic rings. The number of carbonyl (C=O) groups is 4. The molecule has 4 aromatic rings. The number of hydrogen-bond donors (Lipinski definition) is 5. The smallest absolute Gasteiger partial charge is 0.277 e. The van der Waals surface area contributed by atoms with Gasteiger partial charge in [-0.15, -0.1) is 11.3 Å². The van der Waals surface area contributed by atoms with Crippen LogP contribution in [-0.2, 0) is 19.2 Å². The Kier molecular flexibility index (Phi) is 21.9. The molecule has 70 heavy (non-hydrogen) atoms. The minimum absolute atomic E-state index is 0.0178. The van der Waals surface area contributed by atoms with Gasteiger partial charge < -0.3 is 30.9 Å². The highest BCUT2D eigenvalue weighted by Crippen LogP contribution is 2.31. The molecule has 0 bridgehead atoms. The lowest BCUT2D eigenvalue weighted by Crippen LogP contribution is -2.57. The first-order valence-electron chi connectivity index (χ1n) is 24.2. The minimum atomic E-state index is -1.31. The molecule has 1 fully saturated rings. The quantitative estimate of drug-likeness (QED) is 0.0234. The maximum atomic E-state index is 14.7. The molecule has 0 unspecified atom stereocenters. The Morgan fingerprint density at radius 2 is 1.56 bits per heavy atom. The summed E-state index contributed by atoms with van der Waals surface area (Å²) in [7, 11) is 2.06. The molecule has 0 saturated carbocycles. The molecule has 1 aliphatic heterocycles. The zero-order valence-electron chi connectivity index (χ0n) is 41.1. The van der Waals surface area contributed by atoms with Gasteiger partial charge in [0.05, 0.1) is 51.8 Å². The normalized spacial score (nSPS) is 15.7. The van der Waals surface area contributed by atoms with Crippen molar-refractivity contribution < 1.29 is 42.3 Å². The van der Waals surface area contributed by atoms with Gasteiger partial charge >= 0.3 is 0 Å². The largest absolute Gasteiger partial charge is 0.391 e. The number of unbranched alkanes of at least 4 members (excludes halogenated alkanes) is 8. The van der Waals surface area contributed by atoms with Crippen LogP contribution in [0.2, 0.25) is 0 Å². The number of halogens is 4. The van der Waals surface area contributed by atoms with E-state index < -0.39 is 52.6 Å². The SMILES string of the molecule is Cc1ncsc1-c1ccc([C@H](C)NC(=O)[C@@H]2C[C@@H](O)CN2C(=O)[C@@H](NC(=O)CCCCCCCCCCN(C)CCCCONC(=O)c2ccc(F)c(F)c2Nc2ccc(I)cc2F)C(C)(C)C)cc1. The first kappa shape index (κ1) is 56.3. The summed E-state index contributed by atoms with van der Waals surface area (Å²) >= 11 is 3.51. The number of aliphatic hydroxyl groups is 1. The fourth-order valence-electron chi connectivity index (χ4n) is 8.40. The van der Waals surface area contributed by atoms with Gasteiger partial charge in [-0.3, -0.25) is 24.0 Å². The van der Waals surface area contributed by atoms with Crippen molar-refractivity contribution in [3.05, 3.63) is 98.0 Å². The van der Waals surface area contributed by atoms with E-state index in [0.717, 1.165) is 98.3 Å². The number of aromatic nitrogens is 1. The number of nitrogens with zero attached hydrogens (tertiary/aromatic N) is 3. The van der Waals surface area contributed by atoms with Crippen molar-refractivity contribution >= 4 is 68.9 Å². The second-order valence-corrected chi connectivity index (χ2v) is 21.4. The molecule has 1 aromatic heterocycles. The molecule has 0 radical (unpaired) electrons. The van der Waals surface area contributed by atoms with Crippen LogP contribution in [0.4, 0.5) is 24.5 Å². The summed E-state index contributed by atoms with van der Waals surface area (Å²) < 4.78 is 43.8. The van der Waals surface area contributed by atoms with E-state index in [1.54, 1.807) is 17.4 Å². The number of nitrogens with one attached hydrogen (secondary N) is 4. The van der Waals surface area contributed by atoms with E-state index >= 15 is 0 Å². The molecule has 382 valence electrons. The maximum Gasteiger partial charge on any atom is 0.277 e. The summed E-state index contributed by atoms with van der Waals surface area (Å²) in [6.45, 7) is 11.6. The second kappa shape index (κ2) is 27.3. The van der Waals surface area contributed by atoms with Crippen molar-refractivity contribution in [1.29, 1.82) is 0 Å². The van der Waals surface area contributed by atoms with Crippen LogP contribution in [0.5, 0.6) is 0 Å². The molecule has 3 aromatic carbocycles. The Hall–Kier alpha value is -4.63. The third-order valence-electron chi connectivity index (χ3n) is 12.5. The first-order chi connectivity index (χ1) is 33.3. The molecule has 0 aliphatic carbocycles. The number of hydrogen-bond acceptors (Lipinski definition) is 10. The summed E-state index contributed by atoms with van der Waals surface area (Å²) in [5, 5.41) is 19.1. The van der Waals surface area contributed by atoms with Crippen molar-refractivity contribution in [2.24, 2.45) is 5.41 Å².